The highest BCUT2D eigenvalue weighted by molar-refractivity contribution is 6.42. The van der Waals surface area contributed by atoms with Gasteiger partial charge in [-0.3, -0.25) is 4.79 Å². The number of carbonyl (C=O) groups is 1. The second kappa shape index (κ2) is 5.95. The number of benzene rings is 1. The molecule has 3 nitrogen and oxygen atoms in total. The van der Waals surface area contributed by atoms with E-state index in [-0.39, 0.29) is 5.91 Å². The van der Waals surface area contributed by atoms with E-state index in [2.05, 4.69) is 5.32 Å². The van der Waals surface area contributed by atoms with Crippen LogP contribution in [0.4, 0.5) is 5.69 Å². The number of amides is 1. The van der Waals surface area contributed by atoms with Crippen molar-refractivity contribution in [3.63, 3.8) is 0 Å². The lowest BCUT2D eigenvalue weighted by Crippen LogP contribution is -2.07. The maximum absolute atomic E-state index is 11.7. The van der Waals surface area contributed by atoms with Crippen molar-refractivity contribution in [2.24, 2.45) is 0 Å². The molecule has 0 saturated heterocycles. The molecule has 0 aliphatic carbocycles. The van der Waals surface area contributed by atoms with Crippen molar-refractivity contribution in [3.05, 3.63) is 58.0 Å². The average Bonchev–Trinajstić information content (AvgIpc) is 2.77. The first-order chi connectivity index (χ1) is 9.04. The van der Waals surface area contributed by atoms with Gasteiger partial charge in [-0.1, -0.05) is 23.2 Å². The van der Waals surface area contributed by atoms with E-state index < -0.39 is 0 Å². The van der Waals surface area contributed by atoms with Gasteiger partial charge in [-0.05, 0) is 43.3 Å². The molecule has 1 heterocycles. The van der Waals surface area contributed by atoms with E-state index in [1.807, 2.05) is 13.0 Å². The van der Waals surface area contributed by atoms with Gasteiger partial charge in [0.15, 0.2) is 0 Å². The fourth-order valence-corrected chi connectivity index (χ4v) is 1.76. The summed E-state index contributed by atoms with van der Waals surface area (Å²) in [7, 11) is 0. The van der Waals surface area contributed by atoms with Gasteiger partial charge in [-0.15, -0.1) is 0 Å². The molecule has 19 heavy (non-hydrogen) atoms. The molecule has 1 aromatic carbocycles. The number of anilines is 1. The molecular weight excluding hydrogens is 285 g/mol. The first-order valence-electron chi connectivity index (χ1n) is 5.55. The van der Waals surface area contributed by atoms with E-state index in [0.29, 0.717) is 21.5 Å². The van der Waals surface area contributed by atoms with Crippen molar-refractivity contribution in [1.82, 2.24) is 0 Å². The lowest BCUT2D eigenvalue weighted by Gasteiger charge is -2.03. The van der Waals surface area contributed by atoms with Gasteiger partial charge in [-0.2, -0.15) is 0 Å². The van der Waals surface area contributed by atoms with Crippen LogP contribution in [0.2, 0.25) is 10.0 Å². The van der Waals surface area contributed by atoms with Crippen molar-refractivity contribution >= 4 is 40.9 Å². The van der Waals surface area contributed by atoms with E-state index >= 15 is 0 Å². The number of halogens is 2. The van der Waals surface area contributed by atoms with Gasteiger partial charge in [0.1, 0.15) is 11.5 Å². The summed E-state index contributed by atoms with van der Waals surface area (Å²) in [6.45, 7) is 1.84. The molecule has 0 unspecified atom stereocenters. The van der Waals surface area contributed by atoms with E-state index in [1.54, 1.807) is 30.3 Å². The zero-order valence-electron chi connectivity index (χ0n) is 10.1. The SMILES string of the molecule is Cc1ccc(/C=C/C(=O)Nc2ccc(Cl)c(Cl)c2)o1. The minimum absolute atomic E-state index is 0.271. The second-order valence-corrected chi connectivity index (χ2v) is 4.71. The second-order valence-electron chi connectivity index (χ2n) is 3.90. The molecule has 0 radical (unpaired) electrons. The number of hydrogen-bond donors (Lipinski definition) is 1. The molecular formula is C14H11Cl2NO2. The highest BCUT2D eigenvalue weighted by Crippen LogP contribution is 2.24. The Labute approximate surface area is 120 Å². The molecule has 5 heteroatoms. The minimum atomic E-state index is -0.271. The molecule has 0 spiro atoms. The first kappa shape index (κ1) is 13.7. The Kier molecular flexibility index (Phi) is 4.30. The summed E-state index contributed by atoms with van der Waals surface area (Å²) >= 11 is 11.6. The largest absolute Gasteiger partial charge is 0.462 e. The molecule has 0 aliphatic heterocycles. The van der Waals surface area contributed by atoms with Gasteiger partial charge in [0.2, 0.25) is 5.91 Å². The Morgan fingerprint density at radius 2 is 2.00 bits per heavy atom. The molecule has 1 aromatic heterocycles. The van der Waals surface area contributed by atoms with Crippen LogP contribution in [0.15, 0.2) is 40.8 Å². The van der Waals surface area contributed by atoms with Gasteiger partial charge in [0, 0.05) is 11.8 Å². The zero-order chi connectivity index (χ0) is 13.8. The normalized spacial score (nSPS) is 10.9. The van der Waals surface area contributed by atoms with Gasteiger partial charge in [0.25, 0.3) is 0 Å². The Hall–Kier alpha value is -1.71. The molecule has 0 aliphatic rings. The van der Waals surface area contributed by atoms with Crippen LogP contribution in [0.25, 0.3) is 6.08 Å². The summed E-state index contributed by atoms with van der Waals surface area (Å²) in [4.78, 5) is 11.7. The number of nitrogens with one attached hydrogen (secondary N) is 1. The number of hydrogen-bond acceptors (Lipinski definition) is 2. The fourth-order valence-electron chi connectivity index (χ4n) is 1.46. The van der Waals surface area contributed by atoms with E-state index in [0.717, 1.165) is 5.76 Å². The number of aryl methyl sites for hydroxylation is 1. The van der Waals surface area contributed by atoms with Crippen LogP contribution in [-0.2, 0) is 4.79 Å². The number of rotatable bonds is 3. The molecule has 0 fully saturated rings. The predicted octanol–water partition coefficient (Wildman–Crippen LogP) is 4.55. The molecule has 0 saturated carbocycles. The van der Waals surface area contributed by atoms with Crippen LogP contribution < -0.4 is 5.32 Å². The summed E-state index contributed by atoms with van der Waals surface area (Å²) < 4.78 is 5.31. The minimum Gasteiger partial charge on any atom is -0.462 e. The Bertz CT molecular complexity index is 632. The smallest absolute Gasteiger partial charge is 0.248 e. The first-order valence-corrected chi connectivity index (χ1v) is 6.31. The van der Waals surface area contributed by atoms with E-state index in [9.17, 15) is 4.79 Å². The highest BCUT2D eigenvalue weighted by atomic mass is 35.5. The Balaban J connectivity index is 2.01. The monoisotopic (exact) mass is 295 g/mol. The molecule has 1 N–H and O–H groups in total. The molecule has 2 aromatic rings. The summed E-state index contributed by atoms with van der Waals surface area (Å²) in [5.41, 5.74) is 0.583. The fraction of sp³-hybridized carbons (Fsp3) is 0.0714. The Morgan fingerprint density at radius 3 is 2.63 bits per heavy atom. The van der Waals surface area contributed by atoms with Gasteiger partial charge < -0.3 is 9.73 Å². The van der Waals surface area contributed by atoms with E-state index in [1.165, 1.54) is 6.08 Å². The average molecular weight is 296 g/mol. The Morgan fingerprint density at radius 1 is 1.21 bits per heavy atom. The van der Waals surface area contributed by atoms with Crippen molar-refractivity contribution in [3.8, 4) is 0 Å². The topological polar surface area (TPSA) is 42.2 Å². The maximum atomic E-state index is 11.7. The van der Waals surface area contributed by atoms with Gasteiger partial charge in [-0.25, -0.2) is 0 Å². The van der Waals surface area contributed by atoms with Crippen LogP contribution in [0.5, 0.6) is 0 Å². The predicted molar refractivity (Wildman–Crippen MR) is 77.6 cm³/mol. The van der Waals surface area contributed by atoms with Crippen molar-refractivity contribution in [2.45, 2.75) is 6.92 Å². The van der Waals surface area contributed by atoms with Crippen LogP contribution in [-0.4, -0.2) is 5.91 Å². The quantitative estimate of drug-likeness (QED) is 0.844. The molecule has 1 amide bonds. The number of carbonyl (C=O) groups excluding carboxylic acids is 1. The van der Waals surface area contributed by atoms with Crippen LogP contribution in [0, 0.1) is 6.92 Å². The lowest BCUT2D eigenvalue weighted by molar-refractivity contribution is -0.111. The third kappa shape index (κ3) is 3.88. The highest BCUT2D eigenvalue weighted by Gasteiger charge is 2.02. The number of furan rings is 1. The lowest BCUT2D eigenvalue weighted by atomic mass is 10.3. The van der Waals surface area contributed by atoms with Crippen molar-refractivity contribution in [1.29, 1.82) is 0 Å². The van der Waals surface area contributed by atoms with Crippen molar-refractivity contribution < 1.29 is 9.21 Å². The molecule has 0 atom stereocenters. The zero-order valence-corrected chi connectivity index (χ0v) is 11.6. The maximum Gasteiger partial charge on any atom is 0.248 e. The standard InChI is InChI=1S/C14H11Cl2NO2/c1-9-2-4-11(19-9)5-7-14(18)17-10-3-6-12(15)13(16)8-10/h2-8H,1H3,(H,17,18)/b7-5+. The molecule has 98 valence electrons. The van der Waals surface area contributed by atoms with Crippen LogP contribution in [0.1, 0.15) is 11.5 Å². The van der Waals surface area contributed by atoms with Gasteiger partial charge >= 0.3 is 0 Å². The third-order valence-electron chi connectivity index (χ3n) is 2.35. The third-order valence-corrected chi connectivity index (χ3v) is 3.09. The van der Waals surface area contributed by atoms with Crippen molar-refractivity contribution in [2.75, 3.05) is 5.32 Å². The van der Waals surface area contributed by atoms with E-state index in [4.69, 9.17) is 27.6 Å². The molecule has 2 rings (SSSR count). The van der Waals surface area contributed by atoms with Crippen LogP contribution >= 0.6 is 23.2 Å². The van der Waals surface area contributed by atoms with Gasteiger partial charge in [0.05, 0.1) is 10.0 Å². The summed E-state index contributed by atoms with van der Waals surface area (Å²) in [5, 5.41) is 3.52. The van der Waals surface area contributed by atoms with Crippen LogP contribution in [0.3, 0.4) is 0 Å². The summed E-state index contributed by atoms with van der Waals surface area (Å²) in [5.74, 6) is 1.15. The molecule has 0 bridgehead atoms. The summed E-state index contributed by atoms with van der Waals surface area (Å²) in [6.07, 6.45) is 2.99. The summed E-state index contributed by atoms with van der Waals surface area (Å²) in [6, 6.07) is 8.51.